The molecule has 0 amide bonds. The Morgan fingerprint density at radius 3 is 1.79 bits per heavy atom. The van der Waals surface area contributed by atoms with Gasteiger partial charge in [-0.25, -0.2) is 8.42 Å². The zero-order valence-electron chi connectivity index (χ0n) is 9.39. The maximum Gasteiger partial charge on any atom is 0.423 e. The molecule has 0 aromatic heterocycles. The summed E-state index contributed by atoms with van der Waals surface area (Å²) >= 11 is 0. The van der Waals surface area contributed by atoms with E-state index < -0.39 is 39.9 Å². The number of rotatable bonds is 7. The average Bonchev–Trinajstić information content (AvgIpc) is 2.10. The van der Waals surface area contributed by atoms with Crippen molar-refractivity contribution in [1.29, 1.82) is 0 Å². The minimum absolute atomic E-state index is 0.0396. The molecule has 0 aromatic rings. The predicted molar refractivity (Wildman–Crippen MR) is 55.3 cm³/mol. The van der Waals surface area contributed by atoms with Gasteiger partial charge in [-0.15, -0.1) is 0 Å². The van der Waals surface area contributed by atoms with E-state index in [-0.39, 0.29) is 19.3 Å². The lowest BCUT2D eigenvalue weighted by atomic mass is 10.2. The summed E-state index contributed by atoms with van der Waals surface area (Å²) in [4.78, 5) is 0. The average molecular weight is 337 g/mol. The van der Waals surface area contributed by atoms with Crippen LogP contribution in [-0.2, 0) is 13.8 Å². The molecule has 0 N–H and O–H groups in total. The molecule has 3 nitrogen and oxygen atoms in total. The van der Waals surface area contributed by atoms with Crippen molar-refractivity contribution >= 4 is 19.7 Å². The van der Waals surface area contributed by atoms with Gasteiger partial charge in [0.25, 0.3) is 0 Å². The maximum atomic E-state index is 12.0. The van der Waals surface area contributed by atoms with Gasteiger partial charge in [-0.2, -0.15) is 26.3 Å². The topological polar surface area (TPSA) is 43.4 Å². The van der Waals surface area contributed by atoms with E-state index in [9.17, 15) is 34.8 Å². The van der Waals surface area contributed by atoms with Crippen LogP contribution in [0.4, 0.5) is 26.3 Å². The Kier molecular flexibility index (Phi) is 6.90. The van der Waals surface area contributed by atoms with Crippen LogP contribution in [-0.4, -0.2) is 39.2 Å². The Morgan fingerprint density at radius 1 is 0.947 bits per heavy atom. The second-order valence-electron chi connectivity index (χ2n) is 3.64. The highest BCUT2D eigenvalue weighted by molar-refractivity contribution is 8.13. The molecule has 0 spiro atoms. The third-order valence-electron chi connectivity index (χ3n) is 1.91. The molecule has 0 saturated carbocycles. The molecular formula is C8H11ClF6O3S. The van der Waals surface area contributed by atoms with Crippen molar-refractivity contribution in [3.63, 3.8) is 0 Å². The molecule has 0 rings (SSSR count). The summed E-state index contributed by atoms with van der Waals surface area (Å²) < 4.78 is 96.7. The summed E-state index contributed by atoms with van der Waals surface area (Å²) in [6.45, 7) is -0.772. The van der Waals surface area contributed by atoms with Crippen molar-refractivity contribution < 1.29 is 39.5 Å². The third-order valence-corrected chi connectivity index (χ3v) is 3.15. The van der Waals surface area contributed by atoms with Crippen LogP contribution in [0.5, 0.6) is 0 Å². The Labute approximate surface area is 110 Å². The summed E-state index contributed by atoms with van der Waals surface area (Å²) in [5.41, 5.74) is 0. The molecule has 0 fully saturated rings. The molecule has 0 aliphatic rings. The Morgan fingerprint density at radius 2 is 1.42 bits per heavy atom. The Bertz CT molecular complexity index is 350. The predicted octanol–water partition coefficient (Wildman–Crippen LogP) is 3.24. The van der Waals surface area contributed by atoms with E-state index in [1.54, 1.807) is 0 Å². The van der Waals surface area contributed by atoms with E-state index in [2.05, 4.69) is 4.74 Å². The summed E-state index contributed by atoms with van der Waals surface area (Å²) in [5, 5.41) is 0. The highest BCUT2D eigenvalue weighted by Gasteiger charge is 2.57. The van der Waals surface area contributed by atoms with E-state index in [1.807, 2.05) is 0 Å². The van der Waals surface area contributed by atoms with Gasteiger partial charge in [0.15, 0.2) is 0 Å². The van der Waals surface area contributed by atoms with E-state index in [0.717, 1.165) is 0 Å². The second-order valence-corrected chi connectivity index (χ2v) is 6.53. The van der Waals surface area contributed by atoms with Gasteiger partial charge in [0.2, 0.25) is 15.2 Å². The molecule has 0 aliphatic carbocycles. The molecular weight excluding hydrogens is 326 g/mol. The molecule has 0 bridgehead atoms. The normalized spacial score (nSPS) is 14.1. The van der Waals surface area contributed by atoms with Gasteiger partial charge in [-0.1, -0.05) is 6.42 Å². The van der Waals surface area contributed by atoms with Gasteiger partial charge in [0.1, 0.15) is 0 Å². The third kappa shape index (κ3) is 9.33. The van der Waals surface area contributed by atoms with Crippen LogP contribution in [0.3, 0.4) is 0 Å². The Hall–Kier alpha value is -0.220. The summed E-state index contributed by atoms with van der Waals surface area (Å²) in [6, 6.07) is 0. The molecule has 19 heavy (non-hydrogen) atoms. The molecule has 116 valence electrons. The first kappa shape index (κ1) is 18.8. The van der Waals surface area contributed by atoms with E-state index in [0.29, 0.717) is 0 Å². The molecule has 0 aliphatic heterocycles. The molecule has 0 unspecified atom stereocenters. The number of hydrogen-bond donors (Lipinski definition) is 0. The molecule has 0 aromatic carbocycles. The van der Waals surface area contributed by atoms with Crippen molar-refractivity contribution in [2.75, 3.05) is 12.4 Å². The van der Waals surface area contributed by atoms with Crippen molar-refractivity contribution in [2.45, 2.75) is 37.7 Å². The number of halogens is 7. The molecule has 0 atom stereocenters. The lowest BCUT2D eigenvalue weighted by Gasteiger charge is -2.22. The SMILES string of the molecule is O=S(=O)(Cl)CCCCCOC(C(F)(F)F)C(F)(F)F. The first-order valence-corrected chi connectivity index (χ1v) is 7.49. The van der Waals surface area contributed by atoms with Gasteiger partial charge >= 0.3 is 12.4 Å². The number of hydrogen-bond acceptors (Lipinski definition) is 3. The van der Waals surface area contributed by atoms with Crippen LogP contribution < -0.4 is 0 Å². The fourth-order valence-corrected chi connectivity index (χ4v) is 2.01. The fraction of sp³-hybridized carbons (Fsp3) is 1.00. The van der Waals surface area contributed by atoms with Gasteiger partial charge in [-0.05, 0) is 12.8 Å². The minimum Gasteiger partial charge on any atom is -0.361 e. The highest BCUT2D eigenvalue weighted by Crippen LogP contribution is 2.35. The maximum absolute atomic E-state index is 12.0. The molecule has 0 saturated heterocycles. The van der Waals surface area contributed by atoms with Gasteiger partial charge in [-0.3, -0.25) is 0 Å². The first-order valence-electron chi connectivity index (χ1n) is 5.01. The van der Waals surface area contributed by atoms with Crippen LogP contribution in [0.25, 0.3) is 0 Å². The lowest BCUT2D eigenvalue weighted by Crippen LogP contribution is -2.44. The first-order chi connectivity index (χ1) is 8.34. The quantitative estimate of drug-likeness (QED) is 0.407. The number of alkyl halides is 6. The van der Waals surface area contributed by atoms with Crippen LogP contribution >= 0.6 is 10.7 Å². The van der Waals surface area contributed by atoms with Crippen LogP contribution in [0, 0.1) is 0 Å². The molecule has 11 heteroatoms. The van der Waals surface area contributed by atoms with E-state index >= 15 is 0 Å². The number of ether oxygens (including phenoxy) is 1. The van der Waals surface area contributed by atoms with E-state index in [4.69, 9.17) is 10.7 Å². The van der Waals surface area contributed by atoms with Gasteiger partial charge in [0.05, 0.1) is 5.75 Å². The van der Waals surface area contributed by atoms with Gasteiger partial charge in [0, 0.05) is 17.3 Å². The standard InChI is InChI=1S/C8H11ClF6O3S/c9-19(16,17)5-3-1-2-4-18-6(7(10,11)12)8(13,14)15/h6H,1-5H2. The monoisotopic (exact) mass is 336 g/mol. The van der Waals surface area contributed by atoms with Gasteiger partial charge < -0.3 is 4.74 Å². The van der Waals surface area contributed by atoms with Crippen molar-refractivity contribution in [1.82, 2.24) is 0 Å². The second kappa shape index (κ2) is 6.98. The lowest BCUT2D eigenvalue weighted by molar-refractivity contribution is -0.321. The summed E-state index contributed by atoms with van der Waals surface area (Å²) in [7, 11) is 1.16. The largest absolute Gasteiger partial charge is 0.423 e. The van der Waals surface area contributed by atoms with E-state index in [1.165, 1.54) is 0 Å². The zero-order chi connectivity index (χ0) is 15.3. The highest BCUT2D eigenvalue weighted by atomic mass is 35.7. The summed E-state index contributed by atoms with van der Waals surface area (Å²) in [5.74, 6) is -0.392. The van der Waals surface area contributed by atoms with Crippen molar-refractivity contribution in [3.05, 3.63) is 0 Å². The molecule has 0 radical (unpaired) electrons. The zero-order valence-corrected chi connectivity index (χ0v) is 11.0. The van der Waals surface area contributed by atoms with Crippen LogP contribution in [0.15, 0.2) is 0 Å². The Balaban J connectivity index is 4.03. The van der Waals surface area contributed by atoms with Crippen molar-refractivity contribution in [2.24, 2.45) is 0 Å². The van der Waals surface area contributed by atoms with Crippen LogP contribution in [0.1, 0.15) is 19.3 Å². The smallest absolute Gasteiger partial charge is 0.361 e. The molecule has 0 heterocycles. The van der Waals surface area contributed by atoms with Crippen molar-refractivity contribution in [3.8, 4) is 0 Å². The fourth-order valence-electron chi connectivity index (χ4n) is 1.13. The van der Waals surface area contributed by atoms with Crippen LogP contribution in [0.2, 0.25) is 0 Å². The summed E-state index contributed by atoms with van der Waals surface area (Å²) in [6.07, 6.45) is -14.9. The minimum atomic E-state index is -5.53. The number of unbranched alkanes of at least 4 members (excludes halogenated alkanes) is 2.